The molecular weight excluding hydrogens is 955 g/mol. The van der Waals surface area contributed by atoms with Crippen molar-refractivity contribution >= 4 is 5.91 Å². The standard InChI is InChI=1S/C61H107NO13/c1-3-5-7-9-11-13-15-16-17-18-19-20-21-22-23-24-25-26-27-28-29-30-31-32-33-34-35-37-39-41-43-45-53(66)62-49(50(65)44-42-40-38-36-14-12-10-8-6-4-2)48-72-60-58(71)56(69)59(52(47-64)74-60)75-61-57(70)55(68)54(67)51(46-63)73-61/h5,7,11,13-14,16-17,19-20,36,42,44,49-52,54-61,63-65,67-71H,3-4,6,8-10,12,15,18,21-35,37-41,43,45-48H2,1-2H3,(H,62,66)/b7-5-,13-11-,17-16-,20-19-,36-14+,44-42+. The van der Waals surface area contributed by atoms with Gasteiger partial charge < -0.3 is 65.1 Å². The molecule has 14 nitrogen and oxygen atoms in total. The predicted molar refractivity (Wildman–Crippen MR) is 300 cm³/mol. The molecule has 2 fully saturated rings. The number of carbonyl (C=O) groups excluding carboxylic acids is 1. The van der Waals surface area contributed by atoms with Gasteiger partial charge in [0.25, 0.3) is 0 Å². The third-order valence-electron chi connectivity index (χ3n) is 14.1. The summed E-state index contributed by atoms with van der Waals surface area (Å²) in [6.45, 7) is 2.62. The molecule has 0 spiro atoms. The SMILES string of the molecule is CC/C=C\C/C=C\C/C=C\C/C=C\CCCCCCCCCCCCCCCCCCCCC(=O)NC(COC1OC(CO)C(OC2OC(CO)C(O)C(O)C2O)C(O)C1O)C(O)/C=C/CC/C=C/CCCCCC. The van der Waals surface area contributed by atoms with Crippen LogP contribution in [-0.4, -0.2) is 140 Å². The molecule has 0 aromatic carbocycles. The molecule has 0 aromatic rings. The largest absolute Gasteiger partial charge is 0.394 e. The minimum Gasteiger partial charge on any atom is -0.394 e. The number of nitrogens with one attached hydrogen (secondary N) is 1. The van der Waals surface area contributed by atoms with Gasteiger partial charge in [-0.25, -0.2) is 0 Å². The number of carbonyl (C=O) groups is 1. The molecule has 0 aromatic heterocycles. The average Bonchev–Trinajstić information content (AvgIpc) is 3.41. The van der Waals surface area contributed by atoms with Crippen molar-refractivity contribution in [3.63, 3.8) is 0 Å². The zero-order valence-electron chi connectivity index (χ0n) is 46.5. The molecule has 2 aliphatic heterocycles. The topological polar surface area (TPSA) is 228 Å². The predicted octanol–water partition coefficient (Wildman–Crippen LogP) is 9.94. The minimum atomic E-state index is -1.79. The Labute approximate surface area is 453 Å². The summed E-state index contributed by atoms with van der Waals surface area (Å²) in [5, 5.41) is 86.8. The van der Waals surface area contributed by atoms with Crippen LogP contribution in [0.5, 0.6) is 0 Å². The van der Waals surface area contributed by atoms with E-state index in [-0.39, 0.29) is 18.9 Å². The summed E-state index contributed by atoms with van der Waals surface area (Å²) < 4.78 is 22.7. The number of amides is 1. The van der Waals surface area contributed by atoms with Gasteiger partial charge in [0.1, 0.15) is 48.8 Å². The van der Waals surface area contributed by atoms with Gasteiger partial charge in [-0.05, 0) is 70.6 Å². The van der Waals surface area contributed by atoms with Gasteiger partial charge in [-0.3, -0.25) is 4.79 Å². The molecule has 2 saturated heterocycles. The molecule has 75 heavy (non-hydrogen) atoms. The summed E-state index contributed by atoms with van der Waals surface area (Å²) in [4.78, 5) is 13.2. The number of ether oxygens (including phenoxy) is 4. The first-order valence-corrected chi connectivity index (χ1v) is 29.7. The molecule has 1 amide bonds. The Morgan fingerprint density at radius 3 is 1.47 bits per heavy atom. The van der Waals surface area contributed by atoms with Gasteiger partial charge in [0, 0.05) is 6.42 Å². The maximum atomic E-state index is 13.2. The first kappa shape index (κ1) is 68.5. The molecule has 0 bridgehead atoms. The summed E-state index contributed by atoms with van der Waals surface area (Å²) in [7, 11) is 0. The Morgan fingerprint density at radius 2 is 0.933 bits per heavy atom. The molecule has 2 aliphatic rings. The van der Waals surface area contributed by atoms with Gasteiger partial charge in [0.05, 0.1) is 32.0 Å². The van der Waals surface area contributed by atoms with Crippen molar-refractivity contribution in [2.45, 2.75) is 286 Å². The van der Waals surface area contributed by atoms with Crippen LogP contribution in [0.1, 0.15) is 213 Å². The van der Waals surface area contributed by atoms with Crippen LogP contribution in [0.4, 0.5) is 0 Å². The molecule has 12 atom stereocenters. The molecule has 0 radical (unpaired) electrons. The maximum absolute atomic E-state index is 13.2. The zero-order valence-corrected chi connectivity index (χ0v) is 46.5. The van der Waals surface area contributed by atoms with E-state index in [0.29, 0.717) is 12.8 Å². The summed E-state index contributed by atoms with van der Waals surface area (Å²) in [5.41, 5.74) is 0. The van der Waals surface area contributed by atoms with Crippen molar-refractivity contribution in [2.24, 2.45) is 0 Å². The first-order valence-electron chi connectivity index (χ1n) is 29.7. The maximum Gasteiger partial charge on any atom is 0.220 e. The Kier molecular flexibility index (Phi) is 42.4. The number of allylic oxidation sites excluding steroid dienone is 11. The highest BCUT2D eigenvalue weighted by Gasteiger charge is 2.51. The van der Waals surface area contributed by atoms with Crippen LogP contribution in [0.15, 0.2) is 72.9 Å². The number of aliphatic hydroxyl groups excluding tert-OH is 8. The lowest BCUT2D eigenvalue weighted by Gasteiger charge is -2.46. The minimum absolute atomic E-state index is 0.252. The van der Waals surface area contributed by atoms with Crippen molar-refractivity contribution < 1.29 is 64.6 Å². The number of hydrogen-bond acceptors (Lipinski definition) is 13. The molecule has 2 rings (SSSR count). The van der Waals surface area contributed by atoms with Gasteiger partial charge in [0.15, 0.2) is 12.6 Å². The lowest BCUT2D eigenvalue weighted by Crippen LogP contribution is -2.65. The molecule has 0 aliphatic carbocycles. The third-order valence-corrected chi connectivity index (χ3v) is 14.1. The van der Waals surface area contributed by atoms with E-state index in [1.54, 1.807) is 6.08 Å². The second kappa shape index (κ2) is 46.4. The number of hydrogen-bond donors (Lipinski definition) is 9. The lowest BCUT2D eigenvalue weighted by molar-refractivity contribution is -0.359. The van der Waals surface area contributed by atoms with Crippen LogP contribution >= 0.6 is 0 Å². The highest BCUT2D eigenvalue weighted by molar-refractivity contribution is 5.76. The monoisotopic (exact) mass is 1060 g/mol. The summed E-state index contributed by atoms with van der Waals surface area (Å²) in [6.07, 6.45) is 44.0. The van der Waals surface area contributed by atoms with Crippen LogP contribution in [0.2, 0.25) is 0 Å². The van der Waals surface area contributed by atoms with E-state index >= 15 is 0 Å². The van der Waals surface area contributed by atoms with Crippen molar-refractivity contribution in [1.82, 2.24) is 5.32 Å². The van der Waals surface area contributed by atoms with Crippen LogP contribution in [0, 0.1) is 0 Å². The lowest BCUT2D eigenvalue weighted by atomic mass is 9.97. The third kappa shape index (κ3) is 32.2. The molecule has 2 heterocycles. The summed E-state index contributed by atoms with van der Waals surface area (Å²) in [5.74, 6) is -0.252. The second-order valence-electron chi connectivity index (χ2n) is 20.7. The second-order valence-corrected chi connectivity index (χ2v) is 20.7. The van der Waals surface area contributed by atoms with E-state index in [1.807, 2.05) is 6.08 Å². The van der Waals surface area contributed by atoms with Crippen LogP contribution in [0.25, 0.3) is 0 Å². The molecule has 0 saturated carbocycles. The quantitative estimate of drug-likeness (QED) is 0.0205. The Bertz CT molecular complexity index is 1530. The highest BCUT2D eigenvalue weighted by Crippen LogP contribution is 2.30. The molecule has 434 valence electrons. The van der Waals surface area contributed by atoms with E-state index < -0.39 is 86.8 Å². The average molecular weight is 1060 g/mol. The Morgan fingerprint density at radius 1 is 0.493 bits per heavy atom. The smallest absolute Gasteiger partial charge is 0.220 e. The van der Waals surface area contributed by atoms with Crippen LogP contribution in [0.3, 0.4) is 0 Å². The van der Waals surface area contributed by atoms with Gasteiger partial charge in [-0.15, -0.1) is 0 Å². The van der Waals surface area contributed by atoms with E-state index in [1.165, 1.54) is 122 Å². The van der Waals surface area contributed by atoms with Gasteiger partial charge in [-0.2, -0.15) is 0 Å². The van der Waals surface area contributed by atoms with E-state index in [0.717, 1.165) is 57.8 Å². The van der Waals surface area contributed by atoms with Gasteiger partial charge in [0.2, 0.25) is 5.91 Å². The molecule has 12 unspecified atom stereocenters. The van der Waals surface area contributed by atoms with Gasteiger partial charge >= 0.3 is 0 Å². The number of unbranched alkanes of at least 4 members (excludes halogenated alkanes) is 23. The van der Waals surface area contributed by atoms with Gasteiger partial charge in [-0.1, -0.05) is 209 Å². The number of aliphatic hydroxyl groups is 8. The summed E-state index contributed by atoms with van der Waals surface area (Å²) >= 11 is 0. The fraction of sp³-hybridized carbons (Fsp3) is 0.787. The summed E-state index contributed by atoms with van der Waals surface area (Å²) in [6, 6.07) is -0.931. The first-order chi connectivity index (χ1) is 36.6. The molecule has 14 heteroatoms. The Hall–Kier alpha value is -2.57. The van der Waals surface area contributed by atoms with Crippen LogP contribution in [-0.2, 0) is 23.7 Å². The van der Waals surface area contributed by atoms with Crippen LogP contribution < -0.4 is 5.32 Å². The van der Waals surface area contributed by atoms with E-state index in [9.17, 15) is 45.6 Å². The van der Waals surface area contributed by atoms with E-state index in [2.05, 4.69) is 79.9 Å². The van der Waals surface area contributed by atoms with Crippen molar-refractivity contribution in [1.29, 1.82) is 0 Å². The fourth-order valence-corrected chi connectivity index (χ4v) is 9.36. The van der Waals surface area contributed by atoms with E-state index in [4.69, 9.17) is 18.9 Å². The van der Waals surface area contributed by atoms with Crippen molar-refractivity contribution in [3.05, 3.63) is 72.9 Å². The molecule has 9 N–H and O–H groups in total. The Balaban J connectivity index is 1.64. The fourth-order valence-electron chi connectivity index (χ4n) is 9.36. The van der Waals surface area contributed by atoms with Crippen molar-refractivity contribution in [3.8, 4) is 0 Å². The van der Waals surface area contributed by atoms with Crippen molar-refractivity contribution in [2.75, 3.05) is 19.8 Å². The zero-order chi connectivity index (χ0) is 54.6. The number of rotatable bonds is 46. The molecular formula is C61H107NO13. The normalized spacial score (nSPS) is 25.6. The highest BCUT2D eigenvalue weighted by atomic mass is 16.7.